The van der Waals surface area contributed by atoms with E-state index < -0.39 is 5.09 Å². The van der Waals surface area contributed by atoms with Crippen LogP contribution < -0.4 is 16.4 Å². The molecule has 0 aliphatic carbocycles. The number of morpholine rings is 1. The van der Waals surface area contributed by atoms with E-state index in [9.17, 15) is 0 Å². The largest absolute Gasteiger partial charge is 0.378 e. The molecule has 120 valence electrons. The van der Waals surface area contributed by atoms with Gasteiger partial charge in [-0.05, 0) is 17.7 Å². The van der Waals surface area contributed by atoms with Crippen LogP contribution in [0.15, 0.2) is 34.5 Å². The van der Waals surface area contributed by atoms with Gasteiger partial charge in [0.05, 0.1) is 19.4 Å². The minimum Gasteiger partial charge on any atom is -0.378 e. The zero-order valence-electron chi connectivity index (χ0n) is 11.8. The molecule has 0 spiro atoms. The lowest BCUT2D eigenvalue weighted by atomic mass is 10.2. The number of guanidine groups is 1. The van der Waals surface area contributed by atoms with E-state index in [0.717, 1.165) is 31.9 Å². The summed E-state index contributed by atoms with van der Waals surface area (Å²) in [5.41, 5.74) is 12.5. The van der Waals surface area contributed by atoms with Crippen LogP contribution in [-0.4, -0.2) is 48.8 Å². The second-order valence-electron chi connectivity index (χ2n) is 4.20. The second kappa shape index (κ2) is 9.13. The highest BCUT2D eigenvalue weighted by Crippen LogP contribution is 2.15. The summed E-state index contributed by atoms with van der Waals surface area (Å²) < 4.78 is 5.32. The fourth-order valence-electron chi connectivity index (χ4n) is 1.75. The second-order valence-corrected chi connectivity index (χ2v) is 4.20. The van der Waals surface area contributed by atoms with Crippen LogP contribution in [0, 0.1) is 10.1 Å². The Morgan fingerprint density at radius 1 is 1.32 bits per heavy atom. The Balaban J connectivity index is 0.000000541. The van der Waals surface area contributed by atoms with Crippen LogP contribution in [0.4, 0.5) is 5.69 Å². The molecule has 0 bridgehead atoms. The first-order valence-electron chi connectivity index (χ1n) is 6.37. The standard InChI is InChI=1S/C12H17N5O.HNO3/c13-12(14)16-15-9-10-1-3-11(4-2-10)17-5-7-18-8-6-17;2-1(3)4/h1-4,9H,5-8H2,(H4,13,14,16);(H,2,3,4)/b15-9+;. The molecule has 1 aromatic rings. The molecule has 10 heteroatoms. The van der Waals surface area contributed by atoms with Gasteiger partial charge in [0.2, 0.25) is 5.96 Å². The van der Waals surface area contributed by atoms with Crippen LogP contribution in [-0.2, 0) is 4.74 Å². The molecule has 1 aliphatic heterocycles. The number of benzene rings is 1. The highest BCUT2D eigenvalue weighted by atomic mass is 16.9. The number of nitrogens with two attached hydrogens (primary N) is 2. The van der Waals surface area contributed by atoms with E-state index >= 15 is 0 Å². The average Bonchev–Trinajstić information content (AvgIpc) is 2.48. The van der Waals surface area contributed by atoms with E-state index in [2.05, 4.69) is 27.2 Å². The lowest BCUT2D eigenvalue weighted by molar-refractivity contribution is -0.742. The molecule has 0 radical (unpaired) electrons. The maximum Gasteiger partial charge on any atom is 0.291 e. The van der Waals surface area contributed by atoms with Crippen LogP contribution in [0.25, 0.3) is 0 Å². The molecule has 0 saturated carbocycles. The van der Waals surface area contributed by atoms with Crippen molar-refractivity contribution < 1.29 is 15.0 Å². The Bertz CT molecular complexity index is 517. The Morgan fingerprint density at radius 2 is 1.86 bits per heavy atom. The average molecular weight is 310 g/mol. The van der Waals surface area contributed by atoms with Crippen molar-refractivity contribution in [2.75, 3.05) is 31.2 Å². The first-order valence-corrected chi connectivity index (χ1v) is 6.37. The molecule has 0 atom stereocenters. The molecule has 10 nitrogen and oxygen atoms in total. The van der Waals surface area contributed by atoms with Gasteiger partial charge in [0, 0.05) is 18.8 Å². The lowest BCUT2D eigenvalue weighted by Crippen LogP contribution is -2.36. The normalized spacial score (nSPS) is 14.1. The molecule has 1 saturated heterocycles. The van der Waals surface area contributed by atoms with Gasteiger partial charge in [-0.1, -0.05) is 12.1 Å². The summed E-state index contributed by atoms with van der Waals surface area (Å²) in [4.78, 5) is 10.7. The molecule has 0 aromatic heterocycles. The summed E-state index contributed by atoms with van der Waals surface area (Å²) in [7, 11) is 0. The molecule has 0 amide bonds. The maximum atomic E-state index is 8.36. The minimum absolute atomic E-state index is 0.0452. The van der Waals surface area contributed by atoms with Gasteiger partial charge in [-0.25, -0.2) is 0 Å². The van der Waals surface area contributed by atoms with Crippen molar-refractivity contribution in [3.63, 3.8) is 0 Å². The Labute approximate surface area is 126 Å². The fourth-order valence-corrected chi connectivity index (χ4v) is 1.75. The predicted octanol–water partition coefficient (Wildman–Crippen LogP) is -0.217. The summed E-state index contributed by atoms with van der Waals surface area (Å²) >= 11 is 0. The number of rotatable bonds is 3. The van der Waals surface area contributed by atoms with Crippen molar-refractivity contribution in [3.8, 4) is 0 Å². The number of nitrogens with zero attached hydrogens (tertiary/aromatic N) is 4. The number of ether oxygens (including phenoxy) is 1. The highest BCUT2D eigenvalue weighted by molar-refractivity contribution is 5.82. The first kappa shape index (κ1) is 17.2. The summed E-state index contributed by atoms with van der Waals surface area (Å²) in [6.07, 6.45) is 1.61. The van der Waals surface area contributed by atoms with E-state index in [1.807, 2.05) is 12.1 Å². The monoisotopic (exact) mass is 310 g/mol. The number of anilines is 1. The molecule has 5 N–H and O–H groups in total. The van der Waals surface area contributed by atoms with Crippen molar-refractivity contribution in [1.82, 2.24) is 0 Å². The molecule has 22 heavy (non-hydrogen) atoms. The third-order valence-corrected chi connectivity index (χ3v) is 2.65. The molecule has 2 rings (SSSR count). The van der Waals surface area contributed by atoms with Crippen LogP contribution in [0.2, 0.25) is 0 Å². The number of hydrogen-bond acceptors (Lipinski definition) is 6. The molecular weight excluding hydrogens is 292 g/mol. The van der Waals surface area contributed by atoms with Crippen LogP contribution >= 0.6 is 0 Å². The quantitative estimate of drug-likeness (QED) is 0.302. The molecule has 1 aromatic carbocycles. The van der Waals surface area contributed by atoms with Gasteiger partial charge < -0.3 is 26.3 Å². The van der Waals surface area contributed by atoms with Crippen molar-refractivity contribution in [3.05, 3.63) is 39.9 Å². The smallest absolute Gasteiger partial charge is 0.291 e. The lowest BCUT2D eigenvalue weighted by Gasteiger charge is -2.28. The summed E-state index contributed by atoms with van der Waals surface area (Å²) in [5, 5.41) is 20.9. The Kier molecular flexibility index (Phi) is 7.13. The van der Waals surface area contributed by atoms with Gasteiger partial charge >= 0.3 is 0 Å². The van der Waals surface area contributed by atoms with Gasteiger partial charge in [0.15, 0.2) is 0 Å². The Hall–Kier alpha value is -2.88. The van der Waals surface area contributed by atoms with Crippen LogP contribution in [0.1, 0.15) is 5.56 Å². The molecule has 1 fully saturated rings. The summed E-state index contributed by atoms with van der Waals surface area (Å²) in [6.45, 7) is 3.43. The van der Waals surface area contributed by atoms with E-state index in [4.69, 9.17) is 31.5 Å². The van der Waals surface area contributed by atoms with Gasteiger partial charge in [-0.2, -0.15) is 5.10 Å². The molecule has 0 unspecified atom stereocenters. The maximum absolute atomic E-state index is 8.36. The predicted molar refractivity (Wildman–Crippen MR) is 81.7 cm³/mol. The van der Waals surface area contributed by atoms with Gasteiger partial charge in [-0.15, -0.1) is 15.2 Å². The highest BCUT2D eigenvalue weighted by Gasteiger charge is 2.10. The van der Waals surface area contributed by atoms with E-state index in [0.29, 0.717) is 0 Å². The van der Waals surface area contributed by atoms with E-state index in [1.54, 1.807) is 6.21 Å². The first-order chi connectivity index (χ1) is 10.5. The van der Waals surface area contributed by atoms with Gasteiger partial charge in [0.1, 0.15) is 0 Å². The zero-order valence-corrected chi connectivity index (χ0v) is 11.8. The Morgan fingerprint density at radius 3 is 2.36 bits per heavy atom. The fraction of sp³-hybridized carbons (Fsp3) is 0.333. The van der Waals surface area contributed by atoms with Gasteiger partial charge in [-0.3, -0.25) is 0 Å². The number of hydrogen-bond donors (Lipinski definition) is 3. The SMILES string of the molecule is NC(N)=N/N=C/c1ccc(N2CCOCC2)cc1.O=[N+]([O-])O. The van der Waals surface area contributed by atoms with Crippen LogP contribution in [0.5, 0.6) is 0 Å². The minimum atomic E-state index is -1.50. The molecule has 1 heterocycles. The third kappa shape index (κ3) is 7.05. The van der Waals surface area contributed by atoms with E-state index in [1.165, 1.54) is 5.69 Å². The van der Waals surface area contributed by atoms with Crippen molar-refractivity contribution >= 4 is 17.9 Å². The topological polar surface area (TPSA) is 153 Å². The zero-order chi connectivity index (χ0) is 16.4. The third-order valence-electron chi connectivity index (χ3n) is 2.65. The molecular formula is C12H18N6O4. The van der Waals surface area contributed by atoms with Gasteiger partial charge in [0.25, 0.3) is 5.09 Å². The van der Waals surface area contributed by atoms with E-state index in [-0.39, 0.29) is 5.96 Å². The van der Waals surface area contributed by atoms with Crippen molar-refractivity contribution in [1.29, 1.82) is 0 Å². The summed E-state index contributed by atoms with van der Waals surface area (Å²) in [6, 6.07) is 8.08. The summed E-state index contributed by atoms with van der Waals surface area (Å²) in [5.74, 6) is -0.0452. The van der Waals surface area contributed by atoms with Crippen molar-refractivity contribution in [2.24, 2.45) is 21.7 Å². The molecule has 1 aliphatic rings. The van der Waals surface area contributed by atoms with Crippen molar-refractivity contribution in [2.45, 2.75) is 0 Å². The van der Waals surface area contributed by atoms with Crippen LogP contribution in [0.3, 0.4) is 0 Å².